The van der Waals surface area contributed by atoms with Gasteiger partial charge in [0.15, 0.2) is 5.65 Å². The number of aryl methyl sites for hydroxylation is 1. The number of anilines is 1. The molecule has 2 aromatic heterocycles. The van der Waals surface area contributed by atoms with Gasteiger partial charge in [-0.05, 0) is 39.0 Å². The van der Waals surface area contributed by atoms with Gasteiger partial charge in [0.1, 0.15) is 5.82 Å². The molecule has 0 saturated carbocycles. The van der Waals surface area contributed by atoms with Crippen molar-refractivity contribution in [3.05, 3.63) is 47.7 Å². The van der Waals surface area contributed by atoms with Crippen LogP contribution in [-0.2, 0) is 0 Å². The van der Waals surface area contributed by atoms with E-state index in [0.717, 1.165) is 22.5 Å². The molecular formula is C18H19N5O. The molecular weight excluding hydrogens is 302 g/mol. The first kappa shape index (κ1) is 16.0. The minimum Gasteiger partial charge on any atom is -0.389 e. The molecule has 2 N–H and O–H groups in total. The van der Waals surface area contributed by atoms with E-state index in [-0.39, 0.29) is 0 Å². The van der Waals surface area contributed by atoms with Gasteiger partial charge < -0.3 is 10.4 Å². The highest BCUT2D eigenvalue weighted by molar-refractivity contribution is 5.71. The second-order valence-electron chi connectivity index (χ2n) is 6.41. The maximum Gasteiger partial charge on any atom is 0.160 e. The van der Waals surface area contributed by atoms with Gasteiger partial charge in [-0.3, -0.25) is 0 Å². The number of aliphatic hydroxyl groups is 1. The average molecular weight is 321 g/mol. The third-order valence-electron chi connectivity index (χ3n) is 3.68. The molecule has 6 nitrogen and oxygen atoms in total. The predicted octanol–water partition coefficient (Wildman–Crippen LogP) is 2.76. The Morgan fingerprint density at radius 3 is 2.83 bits per heavy atom. The summed E-state index contributed by atoms with van der Waals surface area (Å²) < 4.78 is 1.72. The van der Waals surface area contributed by atoms with Crippen molar-refractivity contribution in [2.24, 2.45) is 0 Å². The van der Waals surface area contributed by atoms with Crippen molar-refractivity contribution < 1.29 is 5.11 Å². The van der Waals surface area contributed by atoms with Crippen LogP contribution in [0.1, 0.15) is 25.0 Å². The Bertz CT molecular complexity index is 931. The number of benzene rings is 1. The number of fused-ring (bicyclic) bond motifs is 1. The molecule has 0 unspecified atom stereocenters. The van der Waals surface area contributed by atoms with E-state index < -0.39 is 5.60 Å². The van der Waals surface area contributed by atoms with Crippen LogP contribution in [0.2, 0.25) is 0 Å². The van der Waals surface area contributed by atoms with Crippen molar-refractivity contribution in [1.29, 1.82) is 5.26 Å². The van der Waals surface area contributed by atoms with Crippen molar-refractivity contribution in [3.8, 4) is 17.3 Å². The van der Waals surface area contributed by atoms with E-state index in [9.17, 15) is 5.11 Å². The minimum absolute atomic E-state index is 0.403. The number of nitriles is 1. The number of nitrogens with one attached hydrogen (secondary N) is 1. The van der Waals surface area contributed by atoms with Gasteiger partial charge in [0.25, 0.3) is 0 Å². The zero-order valence-electron chi connectivity index (χ0n) is 13.9. The smallest absolute Gasteiger partial charge is 0.160 e. The molecule has 0 bridgehead atoms. The molecule has 0 amide bonds. The van der Waals surface area contributed by atoms with Gasteiger partial charge in [-0.15, -0.1) is 0 Å². The summed E-state index contributed by atoms with van der Waals surface area (Å²) in [7, 11) is 0. The Labute approximate surface area is 140 Å². The van der Waals surface area contributed by atoms with Crippen molar-refractivity contribution in [2.45, 2.75) is 26.4 Å². The van der Waals surface area contributed by atoms with Gasteiger partial charge in [-0.2, -0.15) is 10.4 Å². The highest BCUT2D eigenvalue weighted by Crippen LogP contribution is 2.25. The first-order chi connectivity index (χ1) is 11.4. The van der Waals surface area contributed by atoms with E-state index in [1.54, 1.807) is 24.4 Å². The molecule has 6 heteroatoms. The summed E-state index contributed by atoms with van der Waals surface area (Å²) in [6.45, 7) is 5.84. The van der Waals surface area contributed by atoms with Crippen LogP contribution in [0.3, 0.4) is 0 Å². The Hall–Kier alpha value is -2.91. The second-order valence-corrected chi connectivity index (χ2v) is 6.41. The number of aromatic nitrogens is 3. The fourth-order valence-corrected chi connectivity index (χ4v) is 2.46. The highest BCUT2D eigenvalue weighted by Gasteiger charge is 2.15. The van der Waals surface area contributed by atoms with Gasteiger partial charge in [0, 0.05) is 23.9 Å². The zero-order chi connectivity index (χ0) is 17.3. The second kappa shape index (κ2) is 5.95. The topological polar surface area (TPSA) is 86.2 Å². The van der Waals surface area contributed by atoms with Gasteiger partial charge in [-0.1, -0.05) is 12.1 Å². The Morgan fingerprint density at radius 1 is 1.33 bits per heavy atom. The SMILES string of the molecule is Cc1c(-c2cccc(C#N)c2)nn2ccc(NCC(C)(C)O)nc12. The number of hydrogen-bond acceptors (Lipinski definition) is 5. The fraction of sp³-hybridized carbons (Fsp3) is 0.278. The van der Waals surface area contributed by atoms with Crippen molar-refractivity contribution in [3.63, 3.8) is 0 Å². The van der Waals surface area contributed by atoms with Crippen LogP contribution in [0.5, 0.6) is 0 Å². The number of hydrogen-bond donors (Lipinski definition) is 2. The monoisotopic (exact) mass is 321 g/mol. The molecule has 0 fully saturated rings. The maximum atomic E-state index is 9.81. The van der Waals surface area contributed by atoms with E-state index in [4.69, 9.17) is 5.26 Å². The summed E-state index contributed by atoms with van der Waals surface area (Å²) in [5.74, 6) is 0.685. The standard InChI is InChI=1S/C18H19N5O/c1-12-16(14-6-4-5-13(9-14)10-19)22-23-8-7-15(21-17(12)23)20-11-18(2,3)24/h4-9,24H,11H2,1-3H3,(H,20,21). The summed E-state index contributed by atoms with van der Waals surface area (Å²) in [5.41, 5.74) is 3.17. The molecule has 1 aromatic carbocycles. The van der Waals surface area contributed by atoms with E-state index in [0.29, 0.717) is 17.9 Å². The third-order valence-corrected chi connectivity index (χ3v) is 3.68. The molecule has 0 aliphatic heterocycles. The van der Waals surface area contributed by atoms with Crippen LogP contribution in [0.15, 0.2) is 36.5 Å². The van der Waals surface area contributed by atoms with Crippen molar-refractivity contribution in [1.82, 2.24) is 14.6 Å². The van der Waals surface area contributed by atoms with Gasteiger partial charge in [-0.25, -0.2) is 9.50 Å². The van der Waals surface area contributed by atoms with E-state index in [2.05, 4.69) is 21.5 Å². The highest BCUT2D eigenvalue weighted by atomic mass is 16.3. The first-order valence-corrected chi connectivity index (χ1v) is 7.70. The summed E-state index contributed by atoms with van der Waals surface area (Å²) in [6.07, 6.45) is 1.83. The zero-order valence-corrected chi connectivity index (χ0v) is 13.9. The Morgan fingerprint density at radius 2 is 2.12 bits per heavy atom. The molecule has 0 atom stereocenters. The first-order valence-electron chi connectivity index (χ1n) is 7.70. The predicted molar refractivity (Wildman–Crippen MR) is 92.7 cm³/mol. The molecule has 0 aliphatic carbocycles. The molecule has 122 valence electrons. The maximum absolute atomic E-state index is 9.81. The van der Waals surface area contributed by atoms with Crippen LogP contribution < -0.4 is 5.32 Å². The van der Waals surface area contributed by atoms with Gasteiger partial charge >= 0.3 is 0 Å². The molecule has 3 rings (SSSR count). The van der Waals surface area contributed by atoms with Gasteiger partial charge in [0.2, 0.25) is 0 Å². The lowest BCUT2D eigenvalue weighted by atomic mass is 10.1. The van der Waals surface area contributed by atoms with Gasteiger partial charge in [0.05, 0.1) is 22.9 Å². The molecule has 0 spiro atoms. The average Bonchev–Trinajstić information content (AvgIpc) is 2.89. The normalized spacial score (nSPS) is 11.5. The third kappa shape index (κ3) is 3.21. The Kier molecular flexibility index (Phi) is 3.96. The lowest BCUT2D eigenvalue weighted by molar-refractivity contribution is 0.0944. The fourth-order valence-electron chi connectivity index (χ4n) is 2.46. The molecule has 0 saturated heterocycles. The van der Waals surface area contributed by atoms with E-state index in [1.165, 1.54) is 0 Å². The van der Waals surface area contributed by atoms with E-state index in [1.807, 2.05) is 37.4 Å². The summed E-state index contributed by atoms with van der Waals surface area (Å²) in [5, 5.41) is 26.6. The molecule has 2 heterocycles. The Balaban J connectivity index is 2.00. The number of rotatable bonds is 4. The molecule has 0 aliphatic rings. The quantitative estimate of drug-likeness (QED) is 0.771. The van der Waals surface area contributed by atoms with Crippen LogP contribution in [-0.4, -0.2) is 31.9 Å². The molecule has 0 radical (unpaired) electrons. The molecule has 24 heavy (non-hydrogen) atoms. The number of nitrogens with zero attached hydrogens (tertiary/aromatic N) is 4. The van der Waals surface area contributed by atoms with Crippen LogP contribution in [0.25, 0.3) is 16.9 Å². The van der Waals surface area contributed by atoms with E-state index >= 15 is 0 Å². The molecule has 3 aromatic rings. The van der Waals surface area contributed by atoms with Crippen molar-refractivity contribution >= 4 is 11.5 Å². The summed E-state index contributed by atoms with van der Waals surface area (Å²) in [6, 6.07) is 11.3. The largest absolute Gasteiger partial charge is 0.389 e. The lowest BCUT2D eigenvalue weighted by Gasteiger charge is -2.17. The minimum atomic E-state index is -0.814. The lowest BCUT2D eigenvalue weighted by Crippen LogP contribution is -2.29. The van der Waals surface area contributed by atoms with Crippen LogP contribution >= 0.6 is 0 Å². The summed E-state index contributed by atoms with van der Waals surface area (Å²) >= 11 is 0. The van der Waals surface area contributed by atoms with Crippen LogP contribution in [0, 0.1) is 18.3 Å². The van der Waals surface area contributed by atoms with Crippen molar-refractivity contribution in [2.75, 3.05) is 11.9 Å². The van der Waals surface area contributed by atoms with Crippen LogP contribution in [0.4, 0.5) is 5.82 Å². The summed E-state index contributed by atoms with van der Waals surface area (Å²) in [4.78, 5) is 4.58.